The summed E-state index contributed by atoms with van der Waals surface area (Å²) in [5.41, 5.74) is 0.154. The third-order valence-corrected chi connectivity index (χ3v) is 4.81. The highest BCUT2D eigenvalue weighted by Crippen LogP contribution is 2.37. The summed E-state index contributed by atoms with van der Waals surface area (Å²) < 4.78 is 24.5. The normalized spacial score (nSPS) is 30.9. The van der Waals surface area contributed by atoms with Crippen LogP contribution in [0.2, 0.25) is 0 Å². The maximum absolute atomic E-state index is 11.4. The summed E-state index contributed by atoms with van der Waals surface area (Å²) in [6, 6.07) is 0. The van der Waals surface area contributed by atoms with E-state index in [1.807, 2.05) is 0 Å². The zero-order valence-electron chi connectivity index (χ0n) is 9.58. The zero-order chi connectivity index (χ0) is 11.0. The molecule has 0 aromatic rings. The van der Waals surface area contributed by atoms with Crippen LogP contribution in [0.5, 0.6) is 0 Å². The zero-order valence-corrected chi connectivity index (χ0v) is 10.4. The Morgan fingerprint density at radius 1 is 1.36 bits per heavy atom. The molecule has 0 aliphatic carbocycles. The van der Waals surface area contributed by atoms with Crippen molar-refractivity contribution in [2.45, 2.75) is 33.6 Å². The smallest absolute Gasteiger partial charge is 0.211 e. The van der Waals surface area contributed by atoms with Gasteiger partial charge in [0.05, 0.1) is 6.26 Å². The van der Waals surface area contributed by atoms with Gasteiger partial charge < -0.3 is 0 Å². The van der Waals surface area contributed by atoms with Crippen molar-refractivity contribution < 1.29 is 8.42 Å². The largest absolute Gasteiger partial charge is 0.213 e. The summed E-state index contributed by atoms with van der Waals surface area (Å²) in [4.78, 5) is 0. The van der Waals surface area contributed by atoms with Crippen LogP contribution in [0, 0.1) is 11.3 Å². The quantitative estimate of drug-likeness (QED) is 0.709. The van der Waals surface area contributed by atoms with Crippen molar-refractivity contribution in [3.05, 3.63) is 0 Å². The van der Waals surface area contributed by atoms with Crippen molar-refractivity contribution in [2.24, 2.45) is 11.3 Å². The Hall–Kier alpha value is -0.0900. The highest BCUT2D eigenvalue weighted by Gasteiger charge is 2.36. The van der Waals surface area contributed by atoms with Crippen molar-refractivity contribution in [3.8, 4) is 0 Å². The molecule has 0 unspecified atom stereocenters. The summed E-state index contributed by atoms with van der Waals surface area (Å²) in [5, 5.41) is 0. The van der Waals surface area contributed by atoms with Gasteiger partial charge in [-0.1, -0.05) is 20.8 Å². The molecule has 0 N–H and O–H groups in total. The second-order valence-electron chi connectivity index (χ2n) is 5.01. The number of piperidine rings is 1. The molecule has 1 atom stereocenters. The van der Waals surface area contributed by atoms with Crippen molar-refractivity contribution >= 4 is 10.0 Å². The van der Waals surface area contributed by atoms with Gasteiger partial charge in [-0.25, -0.2) is 12.7 Å². The van der Waals surface area contributed by atoms with Crippen LogP contribution < -0.4 is 0 Å². The Morgan fingerprint density at radius 2 is 1.93 bits per heavy atom. The van der Waals surface area contributed by atoms with E-state index in [1.54, 1.807) is 4.31 Å². The van der Waals surface area contributed by atoms with Crippen LogP contribution in [-0.2, 0) is 10.0 Å². The monoisotopic (exact) mass is 219 g/mol. The Labute approximate surface area is 87.5 Å². The molecule has 1 rings (SSSR count). The molecule has 0 aromatic carbocycles. The molecule has 0 spiro atoms. The van der Waals surface area contributed by atoms with E-state index in [4.69, 9.17) is 0 Å². The summed E-state index contributed by atoms with van der Waals surface area (Å²) in [6.07, 6.45) is 3.43. The molecule has 0 amide bonds. The second-order valence-corrected chi connectivity index (χ2v) is 6.99. The summed E-state index contributed by atoms with van der Waals surface area (Å²) in [7, 11) is -3.00. The fraction of sp³-hybridized carbons (Fsp3) is 1.00. The van der Waals surface area contributed by atoms with Gasteiger partial charge in [0, 0.05) is 13.1 Å². The molecular formula is C10H21NO2S. The van der Waals surface area contributed by atoms with Crippen LogP contribution in [0.1, 0.15) is 33.6 Å². The van der Waals surface area contributed by atoms with E-state index >= 15 is 0 Å². The average Bonchev–Trinajstić information content (AvgIpc) is 2.02. The van der Waals surface area contributed by atoms with Gasteiger partial charge in [0.15, 0.2) is 0 Å². The fourth-order valence-corrected chi connectivity index (χ4v) is 2.96. The van der Waals surface area contributed by atoms with Gasteiger partial charge >= 0.3 is 0 Å². The van der Waals surface area contributed by atoms with Gasteiger partial charge in [-0.2, -0.15) is 0 Å². The molecule has 3 nitrogen and oxygen atoms in total. The van der Waals surface area contributed by atoms with Crippen LogP contribution in [-0.4, -0.2) is 32.1 Å². The van der Waals surface area contributed by atoms with Gasteiger partial charge in [-0.15, -0.1) is 0 Å². The molecule has 1 saturated heterocycles. The highest BCUT2D eigenvalue weighted by molar-refractivity contribution is 7.88. The van der Waals surface area contributed by atoms with Crippen molar-refractivity contribution in [2.75, 3.05) is 19.3 Å². The first-order valence-electron chi connectivity index (χ1n) is 5.21. The molecule has 1 aliphatic rings. The van der Waals surface area contributed by atoms with E-state index in [0.29, 0.717) is 19.0 Å². The van der Waals surface area contributed by atoms with Crippen LogP contribution in [0.25, 0.3) is 0 Å². The van der Waals surface area contributed by atoms with Crippen molar-refractivity contribution in [1.82, 2.24) is 4.31 Å². The van der Waals surface area contributed by atoms with Crippen LogP contribution in [0.4, 0.5) is 0 Å². The van der Waals surface area contributed by atoms with Gasteiger partial charge in [0.2, 0.25) is 10.0 Å². The number of sulfonamides is 1. The first kappa shape index (κ1) is 12.0. The Bertz CT molecular complexity index is 297. The average molecular weight is 219 g/mol. The maximum atomic E-state index is 11.4. The lowest BCUT2D eigenvalue weighted by molar-refractivity contribution is 0.111. The van der Waals surface area contributed by atoms with Gasteiger partial charge in [-0.05, 0) is 24.2 Å². The molecule has 0 saturated carbocycles. The fourth-order valence-electron chi connectivity index (χ4n) is 1.97. The molecule has 84 valence electrons. The van der Waals surface area contributed by atoms with Crippen molar-refractivity contribution in [3.63, 3.8) is 0 Å². The standard InChI is InChI=1S/C10H21NO2S/c1-9(2)10(3)6-5-7-11(8-10)14(4,12)13/h9H,5-8H2,1-4H3/t10-/m1/s1. The number of nitrogens with zero attached hydrogens (tertiary/aromatic N) is 1. The topological polar surface area (TPSA) is 37.4 Å². The minimum absolute atomic E-state index is 0.154. The minimum atomic E-state index is -3.00. The molecule has 0 radical (unpaired) electrons. The molecule has 1 fully saturated rings. The molecule has 14 heavy (non-hydrogen) atoms. The molecule has 1 heterocycles. The summed E-state index contributed by atoms with van der Waals surface area (Å²) in [5.74, 6) is 0.534. The van der Waals surface area contributed by atoms with E-state index in [0.717, 1.165) is 12.8 Å². The lowest BCUT2D eigenvalue weighted by atomic mass is 9.74. The molecular weight excluding hydrogens is 198 g/mol. The Balaban J connectivity index is 2.80. The second kappa shape index (κ2) is 3.81. The van der Waals surface area contributed by atoms with Crippen molar-refractivity contribution in [1.29, 1.82) is 0 Å². The third-order valence-electron chi connectivity index (χ3n) is 3.56. The van der Waals surface area contributed by atoms with E-state index in [9.17, 15) is 8.42 Å². The molecule has 0 aromatic heterocycles. The van der Waals surface area contributed by atoms with Crippen LogP contribution >= 0.6 is 0 Å². The Kier molecular flexibility index (Phi) is 3.26. The third kappa shape index (κ3) is 2.48. The van der Waals surface area contributed by atoms with E-state index < -0.39 is 10.0 Å². The van der Waals surface area contributed by atoms with Crippen LogP contribution in [0.15, 0.2) is 0 Å². The lowest BCUT2D eigenvalue weighted by Gasteiger charge is -2.42. The van der Waals surface area contributed by atoms with Crippen LogP contribution in [0.3, 0.4) is 0 Å². The number of hydrogen-bond acceptors (Lipinski definition) is 2. The lowest BCUT2D eigenvalue weighted by Crippen LogP contribution is -2.46. The molecule has 1 aliphatic heterocycles. The predicted molar refractivity (Wildman–Crippen MR) is 58.6 cm³/mol. The van der Waals surface area contributed by atoms with E-state index in [1.165, 1.54) is 6.26 Å². The minimum Gasteiger partial charge on any atom is -0.213 e. The van der Waals surface area contributed by atoms with E-state index in [2.05, 4.69) is 20.8 Å². The first-order chi connectivity index (χ1) is 6.26. The predicted octanol–water partition coefficient (Wildman–Crippen LogP) is 1.70. The first-order valence-corrected chi connectivity index (χ1v) is 7.06. The van der Waals surface area contributed by atoms with Gasteiger partial charge in [-0.3, -0.25) is 0 Å². The Morgan fingerprint density at radius 3 is 2.36 bits per heavy atom. The van der Waals surface area contributed by atoms with E-state index in [-0.39, 0.29) is 5.41 Å². The van der Waals surface area contributed by atoms with Gasteiger partial charge in [0.25, 0.3) is 0 Å². The maximum Gasteiger partial charge on any atom is 0.211 e. The summed E-state index contributed by atoms with van der Waals surface area (Å²) >= 11 is 0. The SMILES string of the molecule is CC(C)[C@]1(C)CCCN(S(C)(=O)=O)C1. The molecule has 0 bridgehead atoms. The molecule has 4 heteroatoms. The number of rotatable bonds is 2. The highest BCUT2D eigenvalue weighted by atomic mass is 32.2. The van der Waals surface area contributed by atoms with Gasteiger partial charge in [0.1, 0.15) is 0 Å². The number of hydrogen-bond donors (Lipinski definition) is 0. The summed E-state index contributed by atoms with van der Waals surface area (Å²) in [6.45, 7) is 7.91.